The molecular formula is C15H31N2O3P. The van der Waals surface area contributed by atoms with E-state index in [1.54, 1.807) is 0 Å². The molecule has 0 aliphatic heterocycles. The highest BCUT2D eigenvalue weighted by atomic mass is 31.2. The Hall–Kier alpha value is -0.480. The summed E-state index contributed by atoms with van der Waals surface area (Å²) in [6, 6.07) is 0. The summed E-state index contributed by atoms with van der Waals surface area (Å²) in [4.78, 5) is 24.1. The normalized spacial score (nSPS) is 10.6. The molecule has 0 aromatic carbocycles. The van der Waals surface area contributed by atoms with Crippen LogP contribution in [0.3, 0.4) is 0 Å². The fraction of sp³-hybridized carbons (Fsp3) is 0.800. The number of hydrogen-bond donors (Lipinski definition) is 3. The largest absolute Gasteiger partial charge is 0.348 e. The molecule has 0 unspecified atom stereocenters. The predicted octanol–water partition coefficient (Wildman–Crippen LogP) is 4.11. The van der Waals surface area contributed by atoms with Crippen LogP contribution in [-0.4, -0.2) is 26.4 Å². The monoisotopic (exact) mass is 318 g/mol. The second-order valence-corrected chi connectivity index (χ2v) is 5.75. The third kappa shape index (κ3) is 12.9. The van der Waals surface area contributed by atoms with Crippen LogP contribution >= 0.6 is 8.60 Å². The average Bonchev–Trinajstić information content (AvgIpc) is 2.91. The van der Waals surface area contributed by atoms with E-state index in [1.807, 2.05) is 6.92 Å². The molecular weight excluding hydrogens is 287 g/mol. The van der Waals surface area contributed by atoms with Crippen molar-refractivity contribution in [2.24, 2.45) is 0 Å². The van der Waals surface area contributed by atoms with Crippen LogP contribution < -0.4 is 0 Å². The van der Waals surface area contributed by atoms with Gasteiger partial charge in [0.2, 0.25) is 0 Å². The standard InChI is InChI=1S/C11H20N2.C4H11O3P/c1-3-5-7-10-9-12-11(13-10)8-6-4-2;1-2-3-4-7-8(5)6/h9H,3-8H2,1-2H3,(H,12,13);5-6H,2-4H2,1H3. The van der Waals surface area contributed by atoms with Crippen molar-refractivity contribution in [1.82, 2.24) is 9.97 Å². The summed E-state index contributed by atoms with van der Waals surface area (Å²) in [5, 5.41) is 0. The maximum atomic E-state index is 8.18. The van der Waals surface area contributed by atoms with Gasteiger partial charge in [0.1, 0.15) is 5.82 Å². The summed E-state index contributed by atoms with van der Waals surface area (Å²) in [7, 11) is -2.11. The zero-order valence-electron chi connectivity index (χ0n) is 13.6. The van der Waals surface area contributed by atoms with Crippen molar-refractivity contribution in [3.8, 4) is 0 Å². The molecule has 6 heteroatoms. The van der Waals surface area contributed by atoms with E-state index in [2.05, 4.69) is 34.5 Å². The summed E-state index contributed by atoms with van der Waals surface area (Å²) < 4.78 is 4.46. The van der Waals surface area contributed by atoms with Crippen molar-refractivity contribution in [2.75, 3.05) is 6.61 Å². The predicted molar refractivity (Wildman–Crippen MR) is 88.0 cm³/mol. The molecule has 0 spiro atoms. The lowest BCUT2D eigenvalue weighted by Gasteiger charge is -1.99. The van der Waals surface area contributed by atoms with E-state index in [0.29, 0.717) is 6.61 Å². The van der Waals surface area contributed by atoms with E-state index in [0.717, 1.165) is 31.5 Å². The van der Waals surface area contributed by atoms with Gasteiger partial charge in [0.05, 0.1) is 12.3 Å². The number of imidazole rings is 1. The number of aromatic amines is 1. The van der Waals surface area contributed by atoms with Crippen LogP contribution in [0.15, 0.2) is 6.20 Å². The molecule has 1 aromatic rings. The summed E-state index contributed by atoms with van der Waals surface area (Å²) in [6.07, 6.45) is 11.2. The first-order valence-corrected chi connectivity index (χ1v) is 9.14. The summed E-state index contributed by atoms with van der Waals surface area (Å²) >= 11 is 0. The van der Waals surface area contributed by atoms with Crippen LogP contribution in [0, 0.1) is 0 Å². The van der Waals surface area contributed by atoms with Crippen LogP contribution in [0.1, 0.15) is 70.8 Å². The average molecular weight is 318 g/mol. The van der Waals surface area contributed by atoms with Gasteiger partial charge in [-0.05, 0) is 25.7 Å². The van der Waals surface area contributed by atoms with E-state index >= 15 is 0 Å². The first kappa shape index (κ1) is 20.5. The quantitative estimate of drug-likeness (QED) is 0.448. The highest BCUT2D eigenvalue weighted by Crippen LogP contribution is 2.24. The molecule has 1 heterocycles. The number of H-pyrrole nitrogens is 1. The van der Waals surface area contributed by atoms with Gasteiger partial charge in [0.25, 0.3) is 0 Å². The molecule has 0 radical (unpaired) electrons. The van der Waals surface area contributed by atoms with E-state index in [9.17, 15) is 0 Å². The number of unbranched alkanes of at least 4 members (excludes halogenated alkanes) is 3. The lowest BCUT2D eigenvalue weighted by molar-refractivity contribution is 0.251. The fourth-order valence-electron chi connectivity index (χ4n) is 1.65. The second kappa shape index (κ2) is 14.5. The van der Waals surface area contributed by atoms with Crippen molar-refractivity contribution in [2.45, 2.75) is 72.1 Å². The molecule has 1 rings (SSSR count). The number of nitrogens with zero attached hydrogens (tertiary/aromatic N) is 1. The van der Waals surface area contributed by atoms with Crippen LogP contribution in [0.25, 0.3) is 0 Å². The van der Waals surface area contributed by atoms with Gasteiger partial charge < -0.3 is 19.3 Å². The number of nitrogens with one attached hydrogen (secondary N) is 1. The number of aryl methyl sites for hydroxylation is 2. The maximum absolute atomic E-state index is 8.18. The minimum Gasteiger partial charge on any atom is -0.348 e. The molecule has 124 valence electrons. The van der Waals surface area contributed by atoms with Crippen LogP contribution in [-0.2, 0) is 17.4 Å². The highest BCUT2D eigenvalue weighted by Gasteiger charge is 1.99. The molecule has 0 atom stereocenters. The van der Waals surface area contributed by atoms with Gasteiger partial charge >= 0.3 is 8.60 Å². The van der Waals surface area contributed by atoms with Crippen molar-refractivity contribution in [3.63, 3.8) is 0 Å². The first-order valence-electron chi connectivity index (χ1n) is 7.97. The van der Waals surface area contributed by atoms with E-state index in [1.165, 1.54) is 31.4 Å². The number of aromatic nitrogens is 2. The van der Waals surface area contributed by atoms with E-state index in [-0.39, 0.29) is 0 Å². The van der Waals surface area contributed by atoms with Crippen LogP contribution in [0.4, 0.5) is 0 Å². The second-order valence-electron chi connectivity index (χ2n) is 4.99. The summed E-state index contributed by atoms with van der Waals surface area (Å²) in [6.45, 7) is 6.89. The molecule has 0 aliphatic carbocycles. The first-order chi connectivity index (χ1) is 10.1. The number of hydrogen-bond acceptors (Lipinski definition) is 4. The minimum absolute atomic E-state index is 0.454. The van der Waals surface area contributed by atoms with Gasteiger partial charge in [-0.2, -0.15) is 0 Å². The van der Waals surface area contributed by atoms with Gasteiger partial charge in [-0.15, -0.1) is 0 Å². The fourth-order valence-corrected chi connectivity index (χ4v) is 1.95. The molecule has 0 bridgehead atoms. The third-order valence-corrected chi connectivity index (χ3v) is 3.36. The molecule has 0 saturated carbocycles. The lowest BCUT2D eigenvalue weighted by Crippen LogP contribution is -1.89. The Kier molecular flexibility index (Phi) is 14.1. The Bertz CT molecular complexity index is 310. The maximum Gasteiger partial charge on any atom is 0.327 e. The Morgan fingerprint density at radius 3 is 2.24 bits per heavy atom. The van der Waals surface area contributed by atoms with E-state index in [4.69, 9.17) is 9.79 Å². The molecule has 0 fully saturated rings. The highest BCUT2D eigenvalue weighted by molar-refractivity contribution is 7.39. The van der Waals surface area contributed by atoms with Crippen molar-refractivity contribution in [1.29, 1.82) is 0 Å². The van der Waals surface area contributed by atoms with Gasteiger partial charge in [0.15, 0.2) is 0 Å². The Morgan fingerprint density at radius 1 is 1.05 bits per heavy atom. The Labute approximate surface area is 130 Å². The molecule has 1 aromatic heterocycles. The zero-order chi connectivity index (χ0) is 15.9. The van der Waals surface area contributed by atoms with Gasteiger partial charge in [-0.1, -0.05) is 40.0 Å². The van der Waals surface area contributed by atoms with Crippen molar-refractivity contribution in [3.05, 3.63) is 17.7 Å². The topological polar surface area (TPSA) is 78.4 Å². The van der Waals surface area contributed by atoms with Gasteiger partial charge in [-0.3, -0.25) is 0 Å². The summed E-state index contributed by atoms with van der Waals surface area (Å²) in [5.74, 6) is 1.16. The molecule has 0 saturated heterocycles. The molecule has 5 nitrogen and oxygen atoms in total. The zero-order valence-corrected chi connectivity index (χ0v) is 14.5. The molecule has 3 N–H and O–H groups in total. The minimum atomic E-state index is -2.11. The summed E-state index contributed by atoms with van der Waals surface area (Å²) in [5.41, 5.74) is 1.23. The molecule has 0 amide bonds. The Balaban J connectivity index is 0.000000433. The third-order valence-electron chi connectivity index (χ3n) is 2.94. The van der Waals surface area contributed by atoms with Crippen LogP contribution in [0.5, 0.6) is 0 Å². The smallest absolute Gasteiger partial charge is 0.327 e. The molecule has 0 aliphatic rings. The van der Waals surface area contributed by atoms with Crippen molar-refractivity contribution < 1.29 is 14.3 Å². The van der Waals surface area contributed by atoms with Crippen molar-refractivity contribution >= 4 is 8.60 Å². The van der Waals surface area contributed by atoms with Gasteiger partial charge in [-0.25, -0.2) is 4.98 Å². The van der Waals surface area contributed by atoms with E-state index < -0.39 is 8.60 Å². The SMILES string of the molecule is CCCCOP(O)O.CCCCc1c[nH]c(CCCC)n1. The number of rotatable bonds is 10. The van der Waals surface area contributed by atoms with Crippen LogP contribution in [0.2, 0.25) is 0 Å². The Morgan fingerprint density at radius 2 is 1.67 bits per heavy atom. The molecule has 21 heavy (non-hydrogen) atoms. The van der Waals surface area contributed by atoms with Gasteiger partial charge in [0, 0.05) is 12.6 Å². The lowest BCUT2D eigenvalue weighted by atomic mass is 10.2.